The van der Waals surface area contributed by atoms with Crippen molar-refractivity contribution < 1.29 is 14.2 Å². The molecule has 5 nitrogen and oxygen atoms in total. The lowest BCUT2D eigenvalue weighted by molar-refractivity contribution is 0.260. The van der Waals surface area contributed by atoms with E-state index in [4.69, 9.17) is 14.2 Å². The van der Waals surface area contributed by atoms with Crippen molar-refractivity contribution in [2.45, 2.75) is 97.8 Å². The third-order valence-corrected chi connectivity index (χ3v) is 5.65. The third kappa shape index (κ3) is 8.76. The zero-order valence-corrected chi connectivity index (χ0v) is 20.5. The second kappa shape index (κ2) is 15.6. The number of nitrogens with one attached hydrogen (secondary N) is 1. The Hall–Kier alpha value is -2.17. The average Bonchev–Trinajstić information content (AvgIpc) is 2.79. The minimum Gasteiger partial charge on any atom is -0.494 e. The van der Waals surface area contributed by atoms with Crippen molar-refractivity contribution in [3.05, 3.63) is 28.6 Å². The van der Waals surface area contributed by atoms with E-state index in [2.05, 4.69) is 25.8 Å². The van der Waals surface area contributed by atoms with Gasteiger partial charge in [-0.05, 0) is 31.4 Å². The zero-order valence-electron chi connectivity index (χ0n) is 20.5. The number of unbranched alkanes of at least 4 members (excludes halogenated alkanes) is 9. The highest BCUT2D eigenvalue weighted by atomic mass is 16.5. The number of benzene rings is 1. The molecule has 1 heterocycles. The van der Waals surface area contributed by atoms with E-state index in [0.29, 0.717) is 31.3 Å². The fraction of sp³-hybridized carbons (Fsp3) is 0.667. The lowest BCUT2D eigenvalue weighted by Crippen LogP contribution is -2.15. The van der Waals surface area contributed by atoms with Crippen LogP contribution in [0.4, 0.5) is 0 Å². The van der Waals surface area contributed by atoms with Crippen LogP contribution in [0.1, 0.15) is 97.8 Å². The van der Waals surface area contributed by atoms with E-state index >= 15 is 0 Å². The van der Waals surface area contributed by atoms with E-state index in [-0.39, 0.29) is 5.56 Å². The van der Waals surface area contributed by atoms with Crippen molar-refractivity contribution >= 4 is 10.9 Å². The Morgan fingerprint density at radius 3 is 1.94 bits per heavy atom. The van der Waals surface area contributed by atoms with Gasteiger partial charge in [0.1, 0.15) is 5.75 Å². The second-order valence-electron chi connectivity index (χ2n) is 8.55. The molecule has 0 bridgehead atoms. The molecule has 0 aliphatic heterocycles. The summed E-state index contributed by atoms with van der Waals surface area (Å²) >= 11 is 0. The molecule has 0 aliphatic rings. The van der Waals surface area contributed by atoms with Crippen LogP contribution in [0.15, 0.2) is 23.0 Å². The standard InChI is InChI=1S/C27H43NO4/c1-4-7-10-12-13-15-19-30-22-16-17-23-24(21-22)28-27(29)26(25(23)31-18-9-6-3)32-20-14-11-8-5-2/h16-17,21H,4-15,18-20H2,1-3H3,(H,28,29). The van der Waals surface area contributed by atoms with Gasteiger partial charge in [-0.3, -0.25) is 4.79 Å². The van der Waals surface area contributed by atoms with Crippen LogP contribution in [-0.4, -0.2) is 24.8 Å². The minimum atomic E-state index is -0.243. The number of ether oxygens (including phenoxy) is 3. The molecule has 0 aliphatic carbocycles. The molecule has 0 saturated heterocycles. The van der Waals surface area contributed by atoms with Crippen LogP contribution in [-0.2, 0) is 0 Å². The molecule has 2 aromatic rings. The molecule has 0 fully saturated rings. The SMILES string of the molecule is CCCCCCCCOc1ccc2c(OCCCC)c(OCCCCCC)c(=O)[nH]c2c1. The van der Waals surface area contributed by atoms with E-state index in [1.807, 2.05) is 18.2 Å². The summed E-state index contributed by atoms with van der Waals surface area (Å²) in [4.78, 5) is 15.8. The van der Waals surface area contributed by atoms with Crippen LogP contribution in [0.5, 0.6) is 17.2 Å². The number of aromatic nitrogens is 1. The largest absolute Gasteiger partial charge is 0.494 e. The number of fused-ring (bicyclic) bond motifs is 1. The van der Waals surface area contributed by atoms with Crippen molar-refractivity contribution in [3.63, 3.8) is 0 Å². The van der Waals surface area contributed by atoms with Gasteiger partial charge in [0.2, 0.25) is 5.75 Å². The predicted molar refractivity (Wildman–Crippen MR) is 133 cm³/mol. The molecule has 1 N–H and O–H groups in total. The molecule has 180 valence electrons. The molecule has 1 aromatic heterocycles. The predicted octanol–water partition coefficient (Wildman–Crippen LogP) is 7.41. The van der Waals surface area contributed by atoms with E-state index in [0.717, 1.165) is 48.8 Å². The highest BCUT2D eigenvalue weighted by Crippen LogP contribution is 2.33. The number of rotatable bonds is 18. The maximum absolute atomic E-state index is 12.8. The van der Waals surface area contributed by atoms with Crippen LogP contribution in [0.25, 0.3) is 10.9 Å². The van der Waals surface area contributed by atoms with E-state index in [9.17, 15) is 4.79 Å². The molecule has 5 heteroatoms. The van der Waals surface area contributed by atoms with Crippen LogP contribution in [0.2, 0.25) is 0 Å². The summed E-state index contributed by atoms with van der Waals surface area (Å²) in [6.45, 7) is 8.32. The number of hydrogen-bond donors (Lipinski definition) is 1. The number of H-pyrrole nitrogens is 1. The Kier molecular flexibility index (Phi) is 12.7. The zero-order chi connectivity index (χ0) is 23.0. The van der Waals surface area contributed by atoms with Gasteiger partial charge >= 0.3 is 0 Å². The first-order valence-electron chi connectivity index (χ1n) is 12.8. The van der Waals surface area contributed by atoms with Gasteiger partial charge in [0.25, 0.3) is 5.56 Å². The van der Waals surface area contributed by atoms with Gasteiger partial charge in [0.05, 0.1) is 25.3 Å². The van der Waals surface area contributed by atoms with Crippen molar-refractivity contribution in [2.75, 3.05) is 19.8 Å². The summed E-state index contributed by atoms with van der Waals surface area (Å²) in [5, 5.41) is 0.858. The summed E-state index contributed by atoms with van der Waals surface area (Å²) in [5.41, 5.74) is 0.479. The molecular formula is C27H43NO4. The van der Waals surface area contributed by atoms with Gasteiger partial charge in [0.15, 0.2) is 5.75 Å². The Morgan fingerprint density at radius 2 is 1.22 bits per heavy atom. The van der Waals surface area contributed by atoms with Gasteiger partial charge in [-0.15, -0.1) is 0 Å². The van der Waals surface area contributed by atoms with Crippen LogP contribution < -0.4 is 19.8 Å². The first-order chi connectivity index (χ1) is 15.7. The monoisotopic (exact) mass is 445 g/mol. The normalized spacial score (nSPS) is 11.1. The number of hydrogen-bond acceptors (Lipinski definition) is 4. The molecule has 0 amide bonds. The van der Waals surface area contributed by atoms with Crippen molar-refractivity contribution in [1.29, 1.82) is 0 Å². The summed E-state index contributed by atoms with van der Waals surface area (Å²) in [6, 6.07) is 5.81. The first-order valence-corrected chi connectivity index (χ1v) is 12.8. The van der Waals surface area contributed by atoms with Gasteiger partial charge < -0.3 is 19.2 Å². The third-order valence-electron chi connectivity index (χ3n) is 5.65. The molecular weight excluding hydrogens is 402 g/mol. The van der Waals surface area contributed by atoms with E-state index in [1.165, 1.54) is 44.9 Å². The Balaban J connectivity index is 2.08. The number of pyridine rings is 1. The first kappa shape index (κ1) is 26.1. The van der Waals surface area contributed by atoms with Crippen molar-refractivity contribution in [1.82, 2.24) is 4.98 Å². The molecule has 32 heavy (non-hydrogen) atoms. The highest BCUT2D eigenvalue weighted by Gasteiger charge is 2.16. The molecule has 0 saturated carbocycles. The summed E-state index contributed by atoms with van der Waals surface area (Å²) in [5.74, 6) is 1.62. The summed E-state index contributed by atoms with van der Waals surface area (Å²) in [6.07, 6.45) is 13.7. The molecule has 0 radical (unpaired) electrons. The van der Waals surface area contributed by atoms with Gasteiger partial charge in [-0.2, -0.15) is 0 Å². The molecule has 0 spiro atoms. The second-order valence-corrected chi connectivity index (χ2v) is 8.55. The molecule has 2 rings (SSSR count). The molecule has 1 aromatic carbocycles. The number of aromatic amines is 1. The van der Waals surface area contributed by atoms with Crippen LogP contribution in [0, 0.1) is 0 Å². The highest BCUT2D eigenvalue weighted by molar-refractivity contribution is 5.88. The fourth-order valence-corrected chi connectivity index (χ4v) is 3.69. The summed E-state index contributed by atoms with van der Waals surface area (Å²) < 4.78 is 17.9. The van der Waals surface area contributed by atoms with Gasteiger partial charge in [0, 0.05) is 11.5 Å². The lowest BCUT2D eigenvalue weighted by Gasteiger charge is -2.15. The Bertz CT molecular complexity index is 830. The van der Waals surface area contributed by atoms with Gasteiger partial charge in [-0.25, -0.2) is 0 Å². The van der Waals surface area contributed by atoms with Crippen molar-refractivity contribution in [2.24, 2.45) is 0 Å². The quantitative estimate of drug-likeness (QED) is 0.243. The average molecular weight is 446 g/mol. The maximum atomic E-state index is 12.8. The van der Waals surface area contributed by atoms with E-state index < -0.39 is 0 Å². The molecule has 0 unspecified atom stereocenters. The Labute approximate surface area is 193 Å². The van der Waals surface area contributed by atoms with Crippen molar-refractivity contribution in [3.8, 4) is 17.2 Å². The Morgan fingerprint density at radius 1 is 0.656 bits per heavy atom. The lowest BCUT2D eigenvalue weighted by atomic mass is 10.1. The topological polar surface area (TPSA) is 60.6 Å². The fourth-order valence-electron chi connectivity index (χ4n) is 3.69. The smallest absolute Gasteiger partial charge is 0.294 e. The minimum absolute atomic E-state index is 0.243. The summed E-state index contributed by atoms with van der Waals surface area (Å²) in [7, 11) is 0. The van der Waals surface area contributed by atoms with Gasteiger partial charge in [-0.1, -0.05) is 78.6 Å². The van der Waals surface area contributed by atoms with Crippen LogP contribution >= 0.6 is 0 Å². The van der Waals surface area contributed by atoms with Crippen LogP contribution in [0.3, 0.4) is 0 Å². The molecule has 0 atom stereocenters. The maximum Gasteiger partial charge on any atom is 0.294 e. The van der Waals surface area contributed by atoms with E-state index in [1.54, 1.807) is 0 Å².